The predicted molar refractivity (Wildman–Crippen MR) is 130 cm³/mol. The number of likely N-dealkylation sites (tertiary alicyclic amines) is 1. The summed E-state index contributed by atoms with van der Waals surface area (Å²) in [5, 5.41) is 5.54. The van der Waals surface area contributed by atoms with Crippen LogP contribution >= 0.6 is 0 Å². The highest BCUT2D eigenvalue weighted by atomic mass is 19.1. The van der Waals surface area contributed by atoms with Crippen molar-refractivity contribution in [1.82, 2.24) is 20.2 Å². The van der Waals surface area contributed by atoms with Crippen molar-refractivity contribution < 1.29 is 28.2 Å². The fourth-order valence-corrected chi connectivity index (χ4v) is 3.74. The molecule has 1 aliphatic heterocycles. The quantitative estimate of drug-likeness (QED) is 0.622. The topological polar surface area (TPSA) is 123 Å². The van der Waals surface area contributed by atoms with E-state index in [0.717, 1.165) is 0 Å². The minimum Gasteiger partial charge on any atom is -0.453 e. The average Bonchev–Trinajstić information content (AvgIpc) is 2.79. The van der Waals surface area contributed by atoms with Gasteiger partial charge in [-0.2, -0.15) is 9.97 Å². The molecule has 2 N–H and O–H groups in total. The van der Waals surface area contributed by atoms with Gasteiger partial charge in [-0.1, -0.05) is 0 Å². The van der Waals surface area contributed by atoms with Crippen LogP contribution in [0.15, 0.2) is 24.3 Å². The summed E-state index contributed by atoms with van der Waals surface area (Å²) >= 11 is 0. The summed E-state index contributed by atoms with van der Waals surface area (Å²) < 4.78 is 23.8. The first-order valence-corrected chi connectivity index (χ1v) is 11.7. The molecule has 36 heavy (non-hydrogen) atoms. The molecule has 0 atom stereocenters. The van der Waals surface area contributed by atoms with E-state index in [4.69, 9.17) is 9.47 Å². The number of hydrogen-bond acceptors (Lipinski definition) is 7. The van der Waals surface area contributed by atoms with Gasteiger partial charge in [0.15, 0.2) is 6.61 Å². The number of anilines is 1. The van der Waals surface area contributed by atoms with Crippen LogP contribution in [0.3, 0.4) is 0 Å². The number of aromatic nitrogens is 2. The van der Waals surface area contributed by atoms with Gasteiger partial charge in [0.1, 0.15) is 11.4 Å². The second-order valence-electron chi connectivity index (χ2n) is 9.61. The number of nitrogens with zero attached hydrogens (tertiary/aromatic N) is 3. The monoisotopic (exact) mass is 501 g/mol. The summed E-state index contributed by atoms with van der Waals surface area (Å²) in [5.74, 6) is -0.872. The van der Waals surface area contributed by atoms with Gasteiger partial charge < -0.3 is 19.7 Å². The molecular weight excluding hydrogens is 469 g/mol. The zero-order valence-corrected chi connectivity index (χ0v) is 21.2. The molecule has 2 aromatic rings. The van der Waals surface area contributed by atoms with Gasteiger partial charge in [0.2, 0.25) is 0 Å². The normalized spacial score (nSPS) is 14.2. The lowest BCUT2D eigenvalue weighted by Crippen LogP contribution is -2.47. The Balaban J connectivity index is 1.46. The van der Waals surface area contributed by atoms with E-state index in [9.17, 15) is 18.8 Å². The van der Waals surface area contributed by atoms with Gasteiger partial charge in [-0.25, -0.2) is 9.18 Å². The van der Waals surface area contributed by atoms with Crippen molar-refractivity contribution in [3.63, 3.8) is 0 Å². The second-order valence-corrected chi connectivity index (χ2v) is 9.61. The molecule has 1 saturated heterocycles. The minimum absolute atomic E-state index is 0.0228. The third-order valence-electron chi connectivity index (χ3n) is 5.45. The zero-order valence-electron chi connectivity index (χ0n) is 21.2. The summed E-state index contributed by atoms with van der Waals surface area (Å²) in [5.41, 5.74) is 1.16. The van der Waals surface area contributed by atoms with Crippen molar-refractivity contribution in [3.05, 3.63) is 47.0 Å². The molecule has 3 amide bonds. The van der Waals surface area contributed by atoms with E-state index >= 15 is 0 Å². The van der Waals surface area contributed by atoms with Gasteiger partial charge >= 0.3 is 12.1 Å². The van der Waals surface area contributed by atoms with Gasteiger partial charge in [0, 0.05) is 24.7 Å². The van der Waals surface area contributed by atoms with Crippen molar-refractivity contribution in [2.45, 2.75) is 59.1 Å². The number of ether oxygens (including phenoxy) is 2. The third kappa shape index (κ3) is 7.62. The Kier molecular flexibility index (Phi) is 8.44. The van der Waals surface area contributed by atoms with E-state index in [1.807, 2.05) is 0 Å². The Hall–Kier alpha value is -3.76. The first-order chi connectivity index (χ1) is 16.9. The summed E-state index contributed by atoms with van der Waals surface area (Å²) in [6.45, 7) is 9.37. The number of benzene rings is 1. The SMILES string of the molecule is Cc1nc(OCC(=O)NC2CCN(C(=O)c3ccc(F)cc3)CC2)nc(C)c1NC(=O)OC(C)(C)C. The number of nitrogens with one attached hydrogen (secondary N) is 2. The van der Waals surface area contributed by atoms with Crippen molar-refractivity contribution >= 4 is 23.6 Å². The van der Waals surface area contributed by atoms with Gasteiger partial charge in [0.25, 0.3) is 11.8 Å². The van der Waals surface area contributed by atoms with Crippen LogP contribution in [0.4, 0.5) is 14.9 Å². The van der Waals surface area contributed by atoms with E-state index < -0.39 is 11.7 Å². The Labute approximate surface area is 209 Å². The maximum absolute atomic E-state index is 13.1. The van der Waals surface area contributed by atoms with Crippen LogP contribution in [-0.4, -0.2) is 64.1 Å². The molecular formula is C25H32FN5O5. The Morgan fingerprint density at radius 3 is 2.19 bits per heavy atom. The number of carbonyl (C=O) groups is 3. The molecule has 0 aliphatic carbocycles. The van der Waals surface area contributed by atoms with Crippen molar-refractivity contribution in [2.24, 2.45) is 0 Å². The standard InChI is InChI=1S/C25H32FN5O5/c1-15-21(30-24(34)36-25(3,4)5)16(2)28-23(27-15)35-14-20(32)29-19-10-12-31(13-11-19)22(33)17-6-8-18(26)9-7-17/h6-9,19H,10-14H2,1-5H3,(H,29,32)(H,30,34). The zero-order chi connectivity index (χ0) is 26.5. The molecule has 1 aromatic carbocycles. The molecule has 11 heteroatoms. The maximum atomic E-state index is 13.1. The fraction of sp³-hybridized carbons (Fsp3) is 0.480. The minimum atomic E-state index is -0.641. The molecule has 0 unspecified atom stereocenters. The summed E-state index contributed by atoms with van der Waals surface area (Å²) in [6.07, 6.45) is 0.576. The van der Waals surface area contributed by atoms with Crippen LogP contribution in [0, 0.1) is 19.7 Å². The molecule has 1 aliphatic rings. The molecule has 2 heterocycles. The number of amides is 3. The van der Waals surface area contributed by atoms with Crippen molar-refractivity contribution in [2.75, 3.05) is 25.0 Å². The molecule has 0 saturated carbocycles. The number of rotatable bonds is 6. The summed E-state index contributed by atoms with van der Waals surface area (Å²) in [4.78, 5) is 47.1. The van der Waals surface area contributed by atoms with E-state index in [1.165, 1.54) is 24.3 Å². The molecule has 1 aromatic heterocycles. The third-order valence-corrected chi connectivity index (χ3v) is 5.45. The van der Waals surface area contributed by atoms with E-state index in [2.05, 4.69) is 20.6 Å². The van der Waals surface area contributed by atoms with Crippen LogP contribution in [0.2, 0.25) is 0 Å². The Morgan fingerprint density at radius 1 is 1.06 bits per heavy atom. The van der Waals surface area contributed by atoms with Gasteiger partial charge in [0.05, 0.1) is 17.1 Å². The van der Waals surface area contributed by atoms with Crippen LogP contribution in [0.5, 0.6) is 6.01 Å². The van der Waals surface area contributed by atoms with E-state index in [-0.39, 0.29) is 36.3 Å². The number of aryl methyl sites for hydroxylation is 2. The first-order valence-electron chi connectivity index (χ1n) is 11.7. The van der Waals surface area contributed by atoms with Crippen LogP contribution in [0.25, 0.3) is 0 Å². The van der Waals surface area contributed by atoms with Crippen molar-refractivity contribution in [1.29, 1.82) is 0 Å². The van der Waals surface area contributed by atoms with E-state index in [1.54, 1.807) is 39.5 Å². The second kappa shape index (κ2) is 11.3. The maximum Gasteiger partial charge on any atom is 0.412 e. The molecule has 0 bridgehead atoms. The first kappa shape index (κ1) is 26.8. The highest BCUT2D eigenvalue weighted by Gasteiger charge is 2.25. The lowest BCUT2D eigenvalue weighted by Gasteiger charge is -2.32. The van der Waals surface area contributed by atoms with Gasteiger partial charge in [-0.3, -0.25) is 14.9 Å². The lowest BCUT2D eigenvalue weighted by atomic mass is 10.0. The Morgan fingerprint density at radius 2 is 1.64 bits per heavy atom. The summed E-state index contributed by atoms with van der Waals surface area (Å²) in [6, 6.07) is 5.39. The molecule has 194 valence electrons. The van der Waals surface area contributed by atoms with Crippen LogP contribution in [0.1, 0.15) is 55.4 Å². The Bertz CT molecular complexity index is 1090. The largest absolute Gasteiger partial charge is 0.453 e. The van der Waals surface area contributed by atoms with Gasteiger partial charge in [-0.05, 0) is 71.7 Å². The van der Waals surface area contributed by atoms with Gasteiger partial charge in [-0.15, -0.1) is 0 Å². The number of halogens is 1. The number of hydrogen-bond donors (Lipinski definition) is 2. The molecule has 0 spiro atoms. The van der Waals surface area contributed by atoms with Crippen LogP contribution < -0.4 is 15.4 Å². The van der Waals surface area contributed by atoms with Crippen molar-refractivity contribution in [3.8, 4) is 6.01 Å². The number of piperidine rings is 1. The molecule has 0 radical (unpaired) electrons. The van der Waals surface area contributed by atoms with Crippen LogP contribution in [-0.2, 0) is 9.53 Å². The molecule has 1 fully saturated rings. The summed E-state index contributed by atoms with van der Waals surface area (Å²) in [7, 11) is 0. The molecule has 3 rings (SSSR count). The average molecular weight is 502 g/mol. The predicted octanol–water partition coefficient (Wildman–Crippen LogP) is 3.38. The highest BCUT2D eigenvalue weighted by molar-refractivity contribution is 5.94. The number of carbonyl (C=O) groups excluding carboxylic acids is 3. The molecule has 10 nitrogen and oxygen atoms in total. The highest BCUT2D eigenvalue weighted by Crippen LogP contribution is 2.21. The fourth-order valence-electron chi connectivity index (χ4n) is 3.74. The smallest absolute Gasteiger partial charge is 0.412 e. The lowest BCUT2D eigenvalue weighted by molar-refractivity contribution is -0.124. The van der Waals surface area contributed by atoms with E-state index in [0.29, 0.717) is 48.6 Å².